The van der Waals surface area contributed by atoms with E-state index >= 15 is 0 Å². The fourth-order valence-electron chi connectivity index (χ4n) is 3.30. The van der Waals surface area contributed by atoms with Crippen LogP contribution in [0.15, 0.2) is 46.4 Å². The summed E-state index contributed by atoms with van der Waals surface area (Å²) < 4.78 is 5.34. The van der Waals surface area contributed by atoms with Crippen LogP contribution >= 0.6 is 11.3 Å². The molecular formula is C19H23N5O2S. The molecule has 2 N–H and O–H groups in total. The Morgan fingerprint density at radius 1 is 1.33 bits per heavy atom. The Bertz CT molecular complexity index is 851. The van der Waals surface area contributed by atoms with Crippen LogP contribution in [0.3, 0.4) is 0 Å². The number of thiophene rings is 1. The number of nitrogens with zero attached hydrogens (tertiary/aromatic N) is 3. The lowest BCUT2D eigenvalue weighted by Gasteiger charge is -2.37. The minimum absolute atomic E-state index is 0.181. The lowest BCUT2D eigenvalue weighted by Crippen LogP contribution is -2.48. The second-order valence-corrected chi connectivity index (χ2v) is 7.70. The van der Waals surface area contributed by atoms with Crippen LogP contribution in [0.25, 0.3) is 11.5 Å². The van der Waals surface area contributed by atoms with Gasteiger partial charge in [-0.2, -0.15) is 5.10 Å². The van der Waals surface area contributed by atoms with Gasteiger partial charge in [-0.1, -0.05) is 6.07 Å². The van der Waals surface area contributed by atoms with Gasteiger partial charge >= 0.3 is 0 Å². The molecule has 4 heterocycles. The molecule has 0 aromatic carbocycles. The molecule has 0 saturated carbocycles. The van der Waals surface area contributed by atoms with Gasteiger partial charge < -0.3 is 14.6 Å². The van der Waals surface area contributed by atoms with Gasteiger partial charge in [-0.3, -0.25) is 14.8 Å². The predicted molar refractivity (Wildman–Crippen MR) is 105 cm³/mol. The summed E-state index contributed by atoms with van der Waals surface area (Å²) in [4.78, 5) is 18.6. The van der Waals surface area contributed by atoms with E-state index in [1.165, 1.54) is 4.88 Å². The van der Waals surface area contributed by atoms with E-state index in [1.807, 2.05) is 6.07 Å². The van der Waals surface area contributed by atoms with Gasteiger partial charge in [0, 0.05) is 43.7 Å². The van der Waals surface area contributed by atoms with Crippen molar-refractivity contribution in [3.05, 3.63) is 52.5 Å². The molecule has 0 aliphatic carbocycles. The van der Waals surface area contributed by atoms with Gasteiger partial charge in [0.1, 0.15) is 5.69 Å². The number of piperazine rings is 1. The lowest BCUT2D eigenvalue weighted by atomic mass is 10.1. The quantitative estimate of drug-likeness (QED) is 0.682. The van der Waals surface area contributed by atoms with Crippen molar-refractivity contribution in [3.63, 3.8) is 0 Å². The summed E-state index contributed by atoms with van der Waals surface area (Å²) in [7, 11) is 2.15. The number of carbonyl (C=O) groups is 1. The average molecular weight is 385 g/mol. The third-order valence-corrected chi connectivity index (χ3v) is 5.88. The molecule has 1 amide bonds. The van der Waals surface area contributed by atoms with Gasteiger partial charge in [0.15, 0.2) is 11.5 Å². The molecular weight excluding hydrogens is 362 g/mol. The van der Waals surface area contributed by atoms with Gasteiger partial charge in [-0.15, -0.1) is 11.3 Å². The molecule has 0 spiro atoms. The van der Waals surface area contributed by atoms with Crippen LogP contribution in [0, 0.1) is 0 Å². The Hall–Kier alpha value is -2.42. The molecule has 1 atom stereocenters. The zero-order valence-electron chi connectivity index (χ0n) is 15.2. The fraction of sp³-hybridized carbons (Fsp3) is 0.368. The summed E-state index contributed by atoms with van der Waals surface area (Å²) in [6.07, 6.45) is 1.59. The van der Waals surface area contributed by atoms with Crippen LogP contribution in [-0.2, 0) is 0 Å². The van der Waals surface area contributed by atoms with Gasteiger partial charge in [-0.05, 0) is 30.6 Å². The Morgan fingerprint density at radius 3 is 2.89 bits per heavy atom. The third-order valence-electron chi connectivity index (χ3n) is 4.90. The van der Waals surface area contributed by atoms with Crippen molar-refractivity contribution >= 4 is 17.2 Å². The second kappa shape index (κ2) is 8.08. The molecule has 3 aromatic heterocycles. The summed E-state index contributed by atoms with van der Waals surface area (Å²) in [5.41, 5.74) is 1.06. The highest BCUT2D eigenvalue weighted by Gasteiger charge is 2.25. The molecule has 0 bridgehead atoms. The highest BCUT2D eigenvalue weighted by molar-refractivity contribution is 7.10. The third kappa shape index (κ3) is 4.13. The van der Waals surface area contributed by atoms with Crippen LogP contribution < -0.4 is 5.32 Å². The van der Waals surface area contributed by atoms with Crippen LogP contribution in [0.5, 0.6) is 0 Å². The van der Waals surface area contributed by atoms with Gasteiger partial charge in [0.2, 0.25) is 0 Å². The number of amides is 1. The van der Waals surface area contributed by atoms with E-state index in [9.17, 15) is 4.79 Å². The van der Waals surface area contributed by atoms with Crippen molar-refractivity contribution in [2.75, 3.05) is 39.8 Å². The number of likely N-dealkylation sites (N-methyl/N-ethyl adjacent to an activating group) is 1. The van der Waals surface area contributed by atoms with E-state index in [0.717, 1.165) is 26.2 Å². The van der Waals surface area contributed by atoms with Crippen LogP contribution in [-0.4, -0.2) is 65.7 Å². The van der Waals surface area contributed by atoms with Gasteiger partial charge in [0.25, 0.3) is 5.91 Å². The van der Waals surface area contributed by atoms with E-state index < -0.39 is 0 Å². The van der Waals surface area contributed by atoms with Crippen molar-refractivity contribution in [2.45, 2.75) is 6.04 Å². The first kappa shape index (κ1) is 18.0. The van der Waals surface area contributed by atoms with Crippen LogP contribution in [0.2, 0.25) is 0 Å². The summed E-state index contributed by atoms with van der Waals surface area (Å²) in [5, 5.41) is 12.1. The fourth-order valence-corrected chi connectivity index (χ4v) is 4.16. The normalized spacial score (nSPS) is 17.1. The topological polar surface area (TPSA) is 77.4 Å². The van der Waals surface area contributed by atoms with Crippen molar-refractivity contribution in [1.29, 1.82) is 0 Å². The highest BCUT2D eigenvalue weighted by atomic mass is 32.1. The van der Waals surface area contributed by atoms with Crippen LogP contribution in [0.1, 0.15) is 21.4 Å². The smallest absolute Gasteiger partial charge is 0.271 e. The first-order chi connectivity index (χ1) is 13.2. The maximum Gasteiger partial charge on any atom is 0.271 e. The van der Waals surface area contributed by atoms with E-state index in [1.54, 1.807) is 29.7 Å². The Balaban J connectivity index is 1.42. The summed E-state index contributed by atoms with van der Waals surface area (Å²) in [5.74, 6) is 0.482. The molecule has 1 aliphatic rings. The zero-order chi connectivity index (χ0) is 18.6. The first-order valence-corrected chi connectivity index (χ1v) is 9.92. The van der Waals surface area contributed by atoms with Crippen molar-refractivity contribution in [2.24, 2.45) is 0 Å². The molecule has 4 rings (SSSR count). The molecule has 7 nitrogen and oxygen atoms in total. The van der Waals surface area contributed by atoms with Crippen molar-refractivity contribution < 1.29 is 9.21 Å². The maximum absolute atomic E-state index is 12.6. The van der Waals surface area contributed by atoms with Crippen molar-refractivity contribution in [1.82, 2.24) is 25.3 Å². The molecule has 1 unspecified atom stereocenters. The molecule has 0 radical (unpaired) electrons. The largest absolute Gasteiger partial charge is 0.463 e. The molecule has 1 fully saturated rings. The average Bonchev–Trinajstić information content (AvgIpc) is 3.44. The Labute approximate surface area is 162 Å². The van der Waals surface area contributed by atoms with Gasteiger partial charge in [0.05, 0.1) is 12.3 Å². The minimum Gasteiger partial charge on any atom is -0.463 e. The Morgan fingerprint density at radius 2 is 2.19 bits per heavy atom. The number of aromatic amines is 1. The van der Waals surface area contributed by atoms with Crippen molar-refractivity contribution in [3.8, 4) is 11.5 Å². The lowest BCUT2D eigenvalue weighted by molar-refractivity contribution is 0.0886. The summed E-state index contributed by atoms with van der Waals surface area (Å²) in [6, 6.07) is 9.74. The minimum atomic E-state index is -0.181. The number of hydrogen-bond donors (Lipinski definition) is 2. The van der Waals surface area contributed by atoms with E-state index in [-0.39, 0.29) is 11.9 Å². The first-order valence-electron chi connectivity index (χ1n) is 9.04. The summed E-state index contributed by atoms with van der Waals surface area (Å²) >= 11 is 1.73. The number of nitrogens with one attached hydrogen (secondary N) is 2. The number of carbonyl (C=O) groups excluding carboxylic acids is 1. The summed E-state index contributed by atoms with van der Waals surface area (Å²) in [6.45, 7) is 4.65. The van der Waals surface area contributed by atoms with Gasteiger partial charge in [-0.25, -0.2) is 0 Å². The molecule has 1 saturated heterocycles. The van der Waals surface area contributed by atoms with E-state index in [2.05, 4.69) is 49.9 Å². The number of H-pyrrole nitrogens is 1. The molecule has 142 valence electrons. The zero-order valence-corrected chi connectivity index (χ0v) is 16.0. The molecule has 1 aliphatic heterocycles. The Kier molecular flexibility index (Phi) is 5.38. The van der Waals surface area contributed by atoms with E-state index in [4.69, 9.17) is 4.42 Å². The van der Waals surface area contributed by atoms with E-state index in [0.29, 0.717) is 23.7 Å². The molecule has 3 aromatic rings. The van der Waals surface area contributed by atoms with Crippen LogP contribution in [0.4, 0.5) is 0 Å². The molecule has 8 heteroatoms. The SMILES string of the molecule is CN1CCN(C(CNC(=O)c2cc(-c3ccco3)[nH]n2)c2cccs2)CC1. The molecule has 27 heavy (non-hydrogen) atoms. The number of rotatable bonds is 6. The standard InChI is InChI=1S/C19H23N5O2S/c1-23-6-8-24(9-7-23)16(18-5-3-11-27-18)13-20-19(25)15-12-14(21-22-15)17-4-2-10-26-17/h2-5,10-12,16H,6-9,13H2,1H3,(H,20,25)(H,21,22). The highest BCUT2D eigenvalue weighted by Crippen LogP contribution is 2.26. The maximum atomic E-state index is 12.6. The number of furan rings is 1. The monoisotopic (exact) mass is 385 g/mol. The predicted octanol–water partition coefficient (Wildman–Crippen LogP) is 2.45. The number of aromatic nitrogens is 2. The second-order valence-electron chi connectivity index (χ2n) is 6.72. The number of hydrogen-bond acceptors (Lipinski definition) is 6.